The van der Waals surface area contributed by atoms with E-state index in [4.69, 9.17) is 14.2 Å². The molecular formula is C10H16O4. The van der Waals surface area contributed by atoms with Crippen LogP contribution in [0.15, 0.2) is 12.2 Å². The number of hydrogen-bond donors (Lipinski definition) is 0. The van der Waals surface area contributed by atoms with Crippen molar-refractivity contribution in [1.82, 2.24) is 0 Å². The molecule has 0 bridgehead atoms. The minimum atomic E-state index is -0.552. The Hall–Kier alpha value is -0.870. The van der Waals surface area contributed by atoms with Gasteiger partial charge < -0.3 is 14.2 Å². The quantitative estimate of drug-likeness (QED) is 0.508. The van der Waals surface area contributed by atoms with Crippen molar-refractivity contribution in [1.29, 1.82) is 0 Å². The lowest BCUT2D eigenvalue weighted by molar-refractivity contribution is -0.138. The van der Waals surface area contributed by atoms with Crippen LogP contribution in [0.5, 0.6) is 0 Å². The van der Waals surface area contributed by atoms with Crippen LogP contribution in [0.3, 0.4) is 0 Å². The molecule has 1 aliphatic rings. The Balaban J connectivity index is 2.35. The van der Waals surface area contributed by atoms with Crippen LogP contribution in [0.25, 0.3) is 0 Å². The molecule has 0 saturated carbocycles. The van der Waals surface area contributed by atoms with Gasteiger partial charge in [0.05, 0.1) is 13.2 Å². The SMILES string of the molecule is CCOC(=O)/C=C\[C@@H]1COC(C)(C)O1. The number of hydrogen-bond acceptors (Lipinski definition) is 4. The molecule has 0 amide bonds. The fraction of sp³-hybridized carbons (Fsp3) is 0.700. The topological polar surface area (TPSA) is 44.8 Å². The van der Waals surface area contributed by atoms with E-state index >= 15 is 0 Å². The first-order valence-electron chi connectivity index (χ1n) is 4.70. The van der Waals surface area contributed by atoms with Crippen molar-refractivity contribution in [3.05, 3.63) is 12.2 Å². The van der Waals surface area contributed by atoms with Gasteiger partial charge in [0.25, 0.3) is 0 Å². The van der Waals surface area contributed by atoms with Gasteiger partial charge in [-0.15, -0.1) is 0 Å². The van der Waals surface area contributed by atoms with Crippen LogP contribution in [0, 0.1) is 0 Å². The zero-order valence-electron chi connectivity index (χ0n) is 8.78. The van der Waals surface area contributed by atoms with Crippen molar-refractivity contribution in [2.75, 3.05) is 13.2 Å². The van der Waals surface area contributed by atoms with Crippen molar-refractivity contribution < 1.29 is 19.0 Å². The summed E-state index contributed by atoms with van der Waals surface area (Å²) in [7, 11) is 0. The van der Waals surface area contributed by atoms with Crippen molar-refractivity contribution >= 4 is 5.97 Å². The third-order valence-electron chi connectivity index (χ3n) is 1.76. The largest absolute Gasteiger partial charge is 0.463 e. The highest BCUT2D eigenvalue weighted by molar-refractivity contribution is 5.81. The van der Waals surface area contributed by atoms with E-state index in [0.29, 0.717) is 13.2 Å². The van der Waals surface area contributed by atoms with Crippen LogP contribution < -0.4 is 0 Å². The molecule has 14 heavy (non-hydrogen) atoms. The molecule has 4 heteroatoms. The molecule has 80 valence electrons. The zero-order chi connectivity index (χ0) is 10.6. The number of carbonyl (C=O) groups excluding carboxylic acids is 1. The summed E-state index contributed by atoms with van der Waals surface area (Å²) < 4.78 is 15.5. The van der Waals surface area contributed by atoms with Crippen LogP contribution in [0.4, 0.5) is 0 Å². The maximum absolute atomic E-state index is 11.0. The Morgan fingerprint density at radius 2 is 2.36 bits per heavy atom. The van der Waals surface area contributed by atoms with Gasteiger partial charge >= 0.3 is 5.97 Å². The van der Waals surface area contributed by atoms with Crippen molar-refractivity contribution in [3.63, 3.8) is 0 Å². The Morgan fingerprint density at radius 1 is 1.64 bits per heavy atom. The fourth-order valence-electron chi connectivity index (χ4n) is 1.19. The number of carbonyl (C=O) groups is 1. The van der Waals surface area contributed by atoms with Crippen LogP contribution in [-0.4, -0.2) is 31.1 Å². The summed E-state index contributed by atoms with van der Waals surface area (Å²) in [6, 6.07) is 0. The number of ether oxygens (including phenoxy) is 3. The second kappa shape index (κ2) is 4.57. The molecular weight excluding hydrogens is 184 g/mol. The third-order valence-corrected chi connectivity index (χ3v) is 1.76. The van der Waals surface area contributed by atoms with E-state index < -0.39 is 5.79 Å². The minimum Gasteiger partial charge on any atom is -0.463 e. The van der Waals surface area contributed by atoms with Crippen molar-refractivity contribution in [3.8, 4) is 0 Å². The van der Waals surface area contributed by atoms with E-state index in [-0.39, 0.29) is 12.1 Å². The van der Waals surface area contributed by atoms with E-state index in [1.807, 2.05) is 13.8 Å². The molecule has 0 aromatic carbocycles. The molecule has 0 radical (unpaired) electrons. The number of esters is 1. The molecule has 4 nitrogen and oxygen atoms in total. The van der Waals surface area contributed by atoms with Gasteiger partial charge in [0.1, 0.15) is 6.10 Å². The second-order valence-electron chi connectivity index (χ2n) is 3.48. The molecule has 1 heterocycles. The summed E-state index contributed by atoms with van der Waals surface area (Å²) >= 11 is 0. The maximum atomic E-state index is 11.0. The summed E-state index contributed by atoms with van der Waals surface area (Å²) in [6.45, 7) is 6.31. The van der Waals surface area contributed by atoms with Crippen LogP contribution >= 0.6 is 0 Å². The van der Waals surface area contributed by atoms with E-state index in [2.05, 4.69) is 0 Å². The molecule has 1 rings (SSSR count). The van der Waals surface area contributed by atoms with Gasteiger partial charge in [-0.2, -0.15) is 0 Å². The Labute approximate surface area is 83.8 Å². The van der Waals surface area contributed by atoms with E-state index in [9.17, 15) is 4.79 Å². The van der Waals surface area contributed by atoms with Gasteiger partial charge in [0.15, 0.2) is 5.79 Å². The Bertz CT molecular complexity index is 232. The first-order chi connectivity index (χ1) is 6.53. The fourth-order valence-corrected chi connectivity index (χ4v) is 1.19. The lowest BCUT2D eigenvalue weighted by atomic mass is 10.3. The predicted octanol–water partition coefficient (Wildman–Crippen LogP) is 1.26. The third kappa shape index (κ3) is 3.47. The van der Waals surface area contributed by atoms with Gasteiger partial charge in [-0.3, -0.25) is 0 Å². The summed E-state index contributed by atoms with van der Waals surface area (Å²) in [5.74, 6) is -0.898. The molecule has 0 aliphatic carbocycles. The van der Waals surface area contributed by atoms with Gasteiger partial charge in [-0.05, 0) is 26.8 Å². The predicted molar refractivity (Wildman–Crippen MR) is 50.7 cm³/mol. The maximum Gasteiger partial charge on any atom is 0.330 e. The van der Waals surface area contributed by atoms with Gasteiger partial charge in [0, 0.05) is 6.08 Å². The summed E-state index contributed by atoms with van der Waals surface area (Å²) in [4.78, 5) is 11.0. The average molecular weight is 200 g/mol. The highest BCUT2D eigenvalue weighted by Crippen LogP contribution is 2.22. The monoisotopic (exact) mass is 200 g/mol. The molecule has 0 aromatic rings. The first-order valence-corrected chi connectivity index (χ1v) is 4.70. The molecule has 0 spiro atoms. The summed E-state index contributed by atoms with van der Waals surface area (Å²) in [5.41, 5.74) is 0. The van der Waals surface area contributed by atoms with Gasteiger partial charge in [-0.1, -0.05) is 0 Å². The van der Waals surface area contributed by atoms with Crippen LogP contribution in [0.1, 0.15) is 20.8 Å². The van der Waals surface area contributed by atoms with Crippen LogP contribution in [-0.2, 0) is 19.0 Å². The standard InChI is InChI=1S/C10H16O4/c1-4-12-9(11)6-5-8-7-13-10(2,3)14-8/h5-6,8H,4,7H2,1-3H3/b6-5-/t8-/m1/s1. The second-order valence-corrected chi connectivity index (χ2v) is 3.48. The first kappa shape index (κ1) is 11.2. The molecule has 0 aromatic heterocycles. The Kier molecular flexibility index (Phi) is 3.66. The van der Waals surface area contributed by atoms with E-state index in [1.165, 1.54) is 6.08 Å². The summed E-state index contributed by atoms with van der Waals surface area (Å²) in [6.07, 6.45) is 2.88. The van der Waals surface area contributed by atoms with Gasteiger partial charge in [-0.25, -0.2) is 4.79 Å². The van der Waals surface area contributed by atoms with Crippen LogP contribution in [0.2, 0.25) is 0 Å². The van der Waals surface area contributed by atoms with E-state index in [0.717, 1.165) is 0 Å². The molecule has 0 N–H and O–H groups in total. The smallest absolute Gasteiger partial charge is 0.330 e. The average Bonchev–Trinajstić information content (AvgIpc) is 2.43. The minimum absolute atomic E-state index is 0.158. The molecule has 1 saturated heterocycles. The van der Waals surface area contributed by atoms with Crippen molar-refractivity contribution in [2.45, 2.75) is 32.7 Å². The highest BCUT2D eigenvalue weighted by Gasteiger charge is 2.31. The lowest BCUT2D eigenvalue weighted by Gasteiger charge is -2.15. The highest BCUT2D eigenvalue weighted by atomic mass is 16.7. The molecule has 1 fully saturated rings. The normalized spacial score (nSPS) is 25.5. The number of rotatable bonds is 3. The Morgan fingerprint density at radius 3 is 2.86 bits per heavy atom. The van der Waals surface area contributed by atoms with Gasteiger partial charge in [0.2, 0.25) is 0 Å². The zero-order valence-corrected chi connectivity index (χ0v) is 8.78. The molecule has 0 unspecified atom stereocenters. The van der Waals surface area contributed by atoms with E-state index in [1.54, 1.807) is 13.0 Å². The van der Waals surface area contributed by atoms with Crippen molar-refractivity contribution in [2.24, 2.45) is 0 Å². The molecule has 1 atom stereocenters. The lowest BCUT2D eigenvalue weighted by Crippen LogP contribution is -2.20. The summed E-state index contributed by atoms with van der Waals surface area (Å²) in [5, 5.41) is 0. The molecule has 1 aliphatic heterocycles.